The van der Waals surface area contributed by atoms with Crippen molar-refractivity contribution >= 4 is 33.4 Å². The maximum absolute atomic E-state index is 13.4. The molecule has 0 saturated heterocycles. The summed E-state index contributed by atoms with van der Waals surface area (Å²) in [5.74, 6) is -0.440. The maximum Gasteiger partial charge on any atom is 0.255 e. The highest BCUT2D eigenvalue weighted by atomic mass is 32.2. The molecule has 2 aromatic rings. The van der Waals surface area contributed by atoms with Crippen LogP contribution in [0.1, 0.15) is 23.7 Å². The molecule has 37 heavy (non-hydrogen) atoms. The zero-order valence-electron chi connectivity index (χ0n) is 21.1. The quantitative estimate of drug-likeness (QED) is 0.587. The van der Waals surface area contributed by atoms with Gasteiger partial charge in [-0.15, -0.1) is 0 Å². The van der Waals surface area contributed by atoms with Gasteiger partial charge in [0.15, 0.2) is 0 Å². The summed E-state index contributed by atoms with van der Waals surface area (Å²) >= 11 is 0. The molecule has 2 aromatic carbocycles. The van der Waals surface area contributed by atoms with E-state index in [4.69, 9.17) is 9.47 Å². The smallest absolute Gasteiger partial charge is 0.255 e. The molecule has 12 heteroatoms. The summed E-state index contributed by atoms with van der Waals surface area (Å²) < 4.78 is 37.1. The van der Waals surface area contributed by atoms with E-state index in [2.05, 4.69) is 10.6 Å². The van der Waals surface area contributed by atoms with Gasteiger partial charge in [0, 0.05) is 19.2 Å². The number of nitrogens with one attached hydrogen (secondary N) is 2. The molecule has 200 valence electrons. The first kappa shape index (κ1) is 27.8. The summed E-state index contributed by atoms with van der Waals surface area (Å²) in [5.41, 5.74) is 0.662. The van der Waals surface area contributed by atoms with Gasteiger partial charge in [-0.1, -0.05) is 18.2 Å². The Morgan fingerprint density at radius 3 is 2.51 bits per heavy atom. The van der Waals surface area contributed by atoms with Crippen LogP contribution in [0.5, 0.6) is 11.5 Å². The molecule has 0 saturated carbocycles. The minimum atomic E-state index is -3.80. The van der Waals surface area contributed by atoms with Gasteiger partial charge in [0.1, 0.15) is 24.1 Å². The summed E-state index contributed by atoms with van der Waals surface area (Å²) in [6.45, 7) is 1.79. The molecule has 0 aliphatic carbocycles. The van der Waals surface area contributed by atoms with Gasteiger partial charge in [-0.05, 0) is 37.6 Å². The number of hydrogen-bond donors (Lipinski definition) is 2. The van der Waals surface area contributed by atoms with E-state index in [0.29, 0.717) is 29.2 Å². The Morgan fingerprint density at radius 2 is 1.84 bits per heavy atom. The Kier molecular flexibility index (Phi) is 9.34. The normalized spacial score (nSPS) is 16.2. The van der Waals surface area contributed by atoms with E-state index in [1.165, 1.54) is 18.9 Å². The van der Waals surface area contributed by atoms with Gasteiger partial charge in [0.2, 0.25) is 21.8 Å². The molecule has 1 aliphatic rings. The van der Waals surface area contributed by atoms with Crippen LogP contribution >= 0.6 is 0 Å². The van der Waals surface area contributed by atoms with Gasteiger partial charge in [-0.3, -0.25) is 18.7 Å². The van der Waals surface area contributed by atoms with E-state index in [-0.39, 0.29) is 38.7 Å². The van der Waals surface area contributed by atoms with Crippen molar-refractivity contribution in [3.05, 3.63) is 54.1 Å². The molecular weight excluding hydrogens is 500 g/mol. The highest BCUT2D eigenvalue weighted by Gasteiger charge is 2.32. The molecule has 0 spiro atoms. The number of hydrogen-bond acceptors (Lipinski definition) is 7. The van der Waals surface area contributed by atoms with E-state index in [9.17, 15) is 22.8 Å². The number of carbonyl (C=O) groups excluding carboxylic acids is 3. The van der Waals surface area contributed by atoms with Crippen molar-refractivity contribution < 1.29 is 32.3 Å². The van der Waals surface area contributed by atoms with Crippen molar-refractivity contribution in [2.75, 3.05) is 50.5 Å². The van der Waals surface area contributed by atoms with Crippen molar-refractivity contribution in [1.29, 1.82) is 0 Å². The van der Waals surface area contributed by atoms with Gasteiger partial charge >= 0.3 is 0 Å². The number of para-hydroxylation sites is 1. The van der Waals surface area contributed by atoms with Crippen LogP contribution in [0.2, 0.25) is 0 Å². The van der Waals surface area contributed by atoms with Crippen LogP contribution in [0, 0.1) is 0 Å². The number of rotatable bonds is 5. The van der Waals surface area contributed by atoms with Crippen LogP contribution in [-0.2, 0) is 19.6 Å². The second-order valence-corrected chi connectivity index (χ2v) is 10.4. The lowest BCUT2D eigenvalue weighted by molar-refractivity contribution is -0.136. The lowest BCUT2D eigenvalue weighted by atomic mass is 10.1. The SMILES string of the molecule is COc1ccc2c(c1)OCCNC(=O)CN(C(=O)C(C)N(c1ccccc1)S(C)(=O)=O)CCCNC2=O. The third kappa shape index (κ3) is 7.35. The molecule has 1 unspecified atom stereocenters. The molecule has 0 bridgehead atoms. The van der Waals surface area contributed by atoms with Gasteiger partial charge in [-0.25, -0.2) is 8.42 Å². The summed E-state index contributed by atoms with van der Waals surface area (Å²) in [5, 5.41) is 5.50. The number of amides is 3. The lowest BCUT2D eigenvalue weighted by Gasteiger charge is -2.32. The Balaban J connectivity index is 1.79. The van der Waals surface area contributed by atoms with Gasteiger partial charge in [0.25, 0.3) is 5.91 Å². The Morgan fingerprint density at radius 1 is 1.11 bits per heavy atom. The molecule has 2 N–H and O–H groups in total. The first-order chi connectivity index (χ1) is 17.6. The molecule has 11 nitrogen and oxygen atoms in total. The summed E-state index contributed by atoms with van der Waals surface area (Å²) in [6.07, 6.45) is 1.37. The standard InChI is InChI=1S/C25H32N4O7S/c1-18(29(37(3,33)34)19-8-5-4-6-9-19)25(32)28-14-7-12-27-24(31)21-11-10-20(35-2)16-22(21)36-15-13-26-23(30)17-28/h4-6,8-11,16,18H,7,12-15,17H2,1-3H3,(H,26,30)(H,27,31). The predicted molar refractivity (Wildman–Crippen MR) is 138 cm³/mol. The van der Waals surface area contributed by atoms with E-state index >= 15 is 0 Å². The second-order valence-electron chi connectivity index (χ2n) is 8.50. The highest BCUT2D eigenvalue weighted by Crippen LogP contribution is 2.25. The van der Waals surface area contributed by atoms with Crippen LogP contribution in [0.3, 0.4) is 0 Å². The Hall–Kier alpha value is -3.80. The lowest BCUT2D eigenvalue weighted by Crippen LogP contribution is -2.52. The van der Waals surface area contributed by atoms with Crippen molar-refractivity contribution in [3.8, 4) is 11.5 Å². The number of fused-ring (bicyclic) bond motifs is 1. The zero-order chi connectivity index (χ0) is 27.0. The predicted octanol–water partition coefficient (Wildman–Crippen LogP) is 1.01. The average molecular weight is 533 g/mol. The zero-order valence-corrected chi connectivity index (χ0v) is 21.9. The van der Waals surface area contributed by atoms with E-state index < -0.39 is 27.9 Å². The van der Waals surface area contributed by atoms with Crippen molar-refractivity contribution in [3.63, 3.8) is 0 Å². The first-order valence-electron chi connectivity index (χ1n) is 11.8. The third-order valence-corrected chi connectivity index (χ3v) is 6.97. The molecule has 1 heterocycles. The number of nitrogens with zero attached hydrogens (tertiary/aromatic N) is 2. The van der Waals surface area contributed by atoms with Gasteiger partial charge in [-0.2, -0.15) is 0 Å². The topological polar surface area (TPSA) is 134 Å². The van der Waals surface area contributed by atoms with Gasteiger partial charge < -0.3 is 25.0 Å². The van der Waals surface area contributed by atoms with E-state index in [1.54, 1.807) is 48.5 Å². The molecule has 1 atom stereocenters. The summed E-state index contributed by atoms with van der Waals surface area (Å²) in [4.78, 5) is 40.1. The van der Waals surface area contributed by atoms with Crippen molar-refractivity contribution in [2.45, 2.75) is 19.4 Å². The monoisotopic (exact) mass is 532 g/mol. The fourth-order valence-corrected chi connectivity index (χ4v) is 5.16. The first-order valence-corrected chi connectivity index (χ1v) is 13.7. The molecule has 0 aromatic heterocycles. The number of anilines is 1. The van der Waals surface area contributed by atoms with E-state index in [0.717, 1.165) is 10.6 Å². The average Bonchev–Trinajstić information content (AvgIpc) is 2.87. The number of carbonyl (C=O) groups is 3. The number of sulfonamides is 1. The molecule has 3 rings (SSSR count). The Labute approximate surface area is 216 Å². The molecule has 3 amide bonds. The molecular formula is C25H32N4O7S. The fraction of sp³-hybridized carbons (Fsp3) is 0.400. The van der Waals surface area contributed by atoms with Crippen LogP contribution in [0.25, 0.3) is 0 Å². The Bertz CT molecular complexity index is 1220. The molecule has 0 fully saturated rings. The largest absolute Gasteiger partial charge is 0.497 e. The van der Waals surface area contributed by atoms with Gasteiger partial charge in [0.05, 0.1) is 37.7 Å². The molecule has 0 radical (unpaired) electrons. The van der Waals surface area contributed by atoms with Crippen molar-refractivity contribution in [2.24, 2.45) is 0 Å². The van der Waals surface area contributed by atoms with Crippen LogP contribution in [0.4, 0.5) is 5.69 Å². The fourth-order valence-electron chi connectivity index (χ4n) is 3.99. The van der Waals surface area contributed by atoms with Crippen LogP contribution in [-0.4, -0.2) is 83.2 Å². The summed E-state index contributed by atoms with van der Waals surface area (Å²) in [7, 11) is -2.29. The van der Waals surface area contributed by atoms with Crippen LogP contribution in [0.15, 0.2) is 48.5 Å². The van der Waals surface area contributed by atoms with Crippen molar-refractivity contribution in [1.82, 2.24) is 15.5 Å². The second kappa shape index (κ2) is 12.4. The van der Waals surface area contributed by atoms with Crippen LogP contribution < -0.4 is 24.4 Å². The number of methoxy groups -OCH3 is 1. The maximum atomic E-state index is 13.4. The third-order valence-electron chi connectivity index (χ3n) is 5.73. The van der Waals surface area contributed by atoms with E-state index in [1.807, 2.05) is 0 Å². The minimum absolute atomic E-state index is 0.0827. The number of benzene rings is 2. The molecule has 1 aliphatic heterocycles. The number of ether oxygens (including phenoxy) is 2. The highest BCUT2D eigenvalue weighted by molar-refractivity contribution is 7.92. The summed E-state index contributed by atoms with van der Waals surface area (Å²) in [6, 6.07) is 12.1. The minimum Gasteiger partial charge on any atom is -0.497 e.